The predicted molar refractivity (Wildman–Crippen MR) is 143 cm³/mol. The van der Waals surface area contributed by atoms with Crippen LogP contribution in [0.1, 0.15) is 37.4 Å². The van der Waals surface area contributed by atoms with Gasteiger partial charge >= 0.3 is 0 Å². The normalized spacial score (nSPS) is 14.4. The van der Waals surface area contributed by atoms with Crippen LogP contribution in [0.4, 0.5) is 5.69 Å². The fourth-order valence-electron chi connectivity index (χ4n) is 4.35. The Hall–Kier alpha value is -4.23. The van der Waals surface area contributed by atoms with Crippen LogP contribution < -0.4 is 15.0 Å². The molecule has 2 amide bonds. The van der Waals surface area contributed by atoms with Crippen molar-refractivity contribution in [3.8, 4) is 5.75 Å². The van der Waals surface area contributed by atoms with Crippen molar-refractivity contribution in [1.82, 2.24) is 5.32 Å². The van der Waals surface area contributed by atoms with Crippen LogP contribution in [-0.2, 0) is 23.9 Å². The lowest BCUT2D eigenvalue weighted by atomic mass is 10.1. The van der Waals surface area contributed by atoms with Crippen LogP contribution in [0.15, 0.2) is 101 Å². The van der Waals surface area contributed by atoms with E-state index in [1.807, 2.05) is 55.5 Å². The first kappa shape index (κ1) is 24.5. The lowest BCUT2D eigenvalue weighted by Gasteiger charge is -2.24. The molecule has 7 heteroatoms. The van der Waals surface area contributed by atoms with Crippen molar-refractivity contribution < 1.29 is 18.5 Å². The molecule has 1 heterocycles. The van der Waals surface area contributed by atoms with E-state index < -0.39 is 10.8 Å². The lowest BCUT2D eigenvalue weighted by Crippen LogP contribution is -2.31. The van der Waals surface area contributed by atoms with Crippen molar-refractivity contribution >= 4 is 28.3 Å². The van der Waals surface area contributed by atoms with E-state index in [9.17, 15) is 13.8 Å². The Labute approximate surface area is 218 Å². The van der Waals surface area contributed by atoms with Gasteiger partial charge in [-0.3, -0.25) is 9.59 Å². The predicted octanol–water partition coefficient (Wildman–Crippen LogP) is 5.26. The highest BCUT2D eigenvalue weighted by atomic mass is 32.2. The molecule has 1 unspecified atom stereocenters. The fourth-order valence-corrected chi connectivity index (χ4v) is 5.69. The topological polar surface area (TPSA) is 75.7 Å². The van der Waals surface area contributed by atoms with Crippen molar-refractivity contribution in [1.29, 1.82) is 0 Å². The first-order chi connectivity index (χ1) is 18.0. The van der Waals surface area contributed by atoms with Crippen LogP contribution in [0.3, 0.4) is 0 Å². The number of benzene rings is 4. The van der Waals surface area contributed by atoms with Crippen LogP contribution in [0, 0.1) is 6.92 Å². The minimum atomic E-state index is -1.58. The van der Waals surface area contributed by atoms with Gasteiger partial charge in [0.15, 0.2) is 0 Å². The van der Waals surface area contributed by atoms with Crippen molar-refractivity contribution in [2.24, 2.45) is 0 Å². The van der Waals surface area contributed by atoms with Gasteiger partial charge in [-0.2, -0.15) is 0 Å². The Kier molecular flexibility index (Phi) is 6.88. The fraction of sp³-hybridized carbons (Fsp3) is 0.133. The molecule has 0 radical (unpaired) electrons. The number of nitrogens with zero attached hydrogens (tertiary/aromatic N) is 1. The maximum absolute atomic E-state index is 13.8. The van der Waals surface area contributed by atoms with E-state index >= 15 is 0 Å². The zero-order valence-corrected chi connectivity index (χ0v) is 21.4. The van der Waals surface area contributed by atoms with Crippen molar-refractivity contribution in [2.45, 2.75) is 29.8 Å². The van der Waals surface area contributed by atoms with Crippen LogP contribution in [0.2, 0.25) is 0 Å². The Morgan fingerprint density at radius 3 is 2.41 bits per heavy atom. The Balaban J connectivity index is 1.51. The molecule has 6 nitrogen and oxygen atoms in total. The molecule has 1 atom stereocenters. The molecule has 1 N–H and O–H groups in total. The van der Waals surface area contributed by atoms with Crippen LogP contribution in [-0.4, -0.2) is 23.1 Å². The minimum Gasteiger partial charge on any atom is -0.497 e. The van der Waals surface area contributed by atoms with E-state index in [2.05, 4.69) is 5.32 Å². The summed E-state index contributed by atoms with van der Waals surface area (Å²) in [6, 6.07) is 27.3. The van der Waals surface area contributed by atoms with Gasteiger partial charge in [-0.1, -0.05) is 48.5 Å². The Bertz CT molecular complexity index is 1510. The van der Waals surface area contributed by atoms with Crippen LogP contribution in [0.5, 0.6) is 5.75 Å². The summed E-state index contributed by atoms with van der Waals surface area (Å²) in [4.78, 5) is 29.5. The third-order valence-electron chi connectivity index (χ3n) is 6.48. The maximum Gasteiger partial charge on any atom is 0.259 e. The zero-order valence-electron chi connectivity index (χ0n) is 20.6. The first-order valence-corrected chi connectivity index (χ1v) is 13.0. The second-order valence-electron chi connectivity index (χ2n) is 8.80. The summed E-state index contributed by atoms with van der Waals surface area (Å²) in [6.45, 7) is 2.62. The van der Waals surface area contributed by atoms with Crippen molar-refractivity contribution in [3.05, 3.63) is 119 Å². The molecular formula is C30H26N2O4S. The largest absolute Gasteiger partial charge is 0.497 e. The number of rotatable bonds is 6. The van der Waals surface area contributed by atoms with Gasteiger partial charge in [-0.05, 0) is 66.1 Å². The number of carbonyl (C=O) groups is 2. The number of methoxy groups -OCH3 is 1. The van der Waals surface area contributed by atoms with E-state index in [0.29, 0.717) is 39.7 Å². The standard InChI is InChI=1S/C30H26N2O4S/c1-20-7-3-4-8-23(20)19-32-26-17-22(29(33)31-18-21-11-14-24(36-2)15-12-21)13-16-28(26)37(35)27-10-6-5-9-25(27)30(32)34/h3-17H,18-19H2,1-2H3,(H,31,33). The lowest BCUT2D eigenvalue weighted by molar-refractivity contribution is 0.0947. The summed E-state index contributed by atoms with van der Waals surface area (Å²) in [7, 11) is 0.0285. The summed E-state index contributed by atoms with van der Waals surface area (Å²) in [5.41, 5.74) is 4.20. The van der Waals surface area contributed by atoms with Crippen molar-refractivity contribution in [2.75, 3.05) is 12.0 Å². The highest BCUT2D eigenvalue weighted by Crippen LogP contribution is 2.36. The zero-order chi connectivity index (χ0) is 25.9. The number of hydrogen-bond acceptors (Lipinski definition) is 4. The van der Waals surface area contributed by atoms with Gasteiger partial charge in [0.05, 0.1) is 45.5 Å². The van der Waals surface area contributed by atoms with Gasteiger partial charge in [0.1, 0.15) is 5.75 Å². The average Bonchev–Trinajstić information content (AvgIpc) is 3.02. The van der Waals surface area contributed by atoms with E-state index in [1.54, 1.807) is 54.5 Å². The molecule has 0 aromatic heterocycles. The summed E-state index contributed by atoms with van der Waals surface area (Å²) in [5.74, 6) is 0.212. The van der Waals surface area contributed by atoms with Gasteiger partial charge < -0.3 is 15.0 Å². The Morgan fingerprint density at radius 1 is 0.919 bits per heavy atom. The second kappa shape index (κ2) is 10.4. The summed E-state index contributed by atoms with van der Waals surface area (Å²) in [5, 5.41) is 2.93. The second-order valence-corrected chi connectivity index (χ2v) is 10.2. The first-order valence-electron chi connectivity index (χ1n) is 11.9. The SMILES string of the molecule is COc1ccc(CNC(=O)c2ccc3c(c2)N(Cc2ccccc2C)C(=O)c2ccccc2S3=O)cc1. The molecular weight excluding hydrogens is 484 g/mol. The molecule has 0 saturated heterocycles. The number of carbonyl (C=O) groups excluding carboxylic acids is 2. The number of fused-ring (bicyclic) bond motifs is 2. The van der Waals surface area contributed by atoms with Gasteiger partial charge in [0, 0.05) is 12.1 Å². The maximum atomic E-state index is 13.8. The highest BCUT2D eigenvalue weighted by molar-refractivity contribution is 7.85. The van der Waals surface area contributed by atoms with E-state index in [1.165, 1.54) is 0 Å². The smallest absolute Gasteiger partial charge is 0.259 e. The minimum absolute atomic E-state index is 0.248. The van der Waals surface area contributed by atoms with Gasteiger partial charge in [-0.15, -0.1) is 0 Å². The molecule has 1 aliphatic heterocycles. The Morgan fingerprint density at radius 2 is 1.65 bits per heavy atom. The number of anilines is 1. The third-order valence-corrected chi connectivity index (χ3v) is 7.98. The molecule has 0 fully saturated rings. The van der Waals surface area contributed by atoms with Crippen molar-refractivity contribution in [3.63, 3.8) is 0 Å². The molecule has 37 heavy (non-hydrogen) atoms. The highest BCUT2D eigenvalue weighted by Gasteiger charge is 2.31. The molecule has 0 saturated carbocycles. The summed E-state index contributed by atoms with van der Waals surface area (Å²) >= 11 is 0. The third kappa shape index (κ3) is 4.90. The molecule has 5 rings (SSSR count). The molecule has 1 aliphatic rings. The number of ether oxygens (including phenoxy) is 1. The van der Waals surface area contributed by atoms with Crippen LogP contribution in [0.25, 0.3) is 0 Å². The molecule has 0 aliphatic carbocycles. The number of aryl methyl sites for hydroxylation is 1. The van der Waals surface area contributed by atoms with E-state index in [4.69, 9.17) is 4.74 Å². The quantitative estimate of drug-likeness (QED) is 0.384. The summed E-state index contributed by atoms with van der Waals surface area (Å²) in [6.07, 6.45) is 0. The van der Waals surface area contributed by atoms with Crippen LogP contribution >= 0.6 is 0 Å². The number of hydrogen-bond donors (Lipinski definition) is 1. The van der Waals surface area contributed by atoms with Gasteiger partial charge in [-0.25, -0.2) is 4.21 Å². The molecule has 4 aromatic carbocycles. The summed E-state index contributed by atoms with van der Waals surface area (Å²) < 4.78 is 18.8. The van der Waals surface area contributed by atoms with E-state index in [-0.39, 0.29) is 11.8 Å². The molecule has 4 aromatic rings. The number of amides is 2. The van der Waals surface area contributed by atoms with Gasteiger partial charge in [0.2, 0.25) is 0 Å². The van der Waals surface area contributed by atoms with E-state index in [0.717, 1.165) is 22.4 Å². The number of nitrogens with one attached hydrogen (secondary N) is 1. The molecule has 0 bridgehead atoms. The monoisotopic (exact) mass is 510 g/mol. The average molecular weight is 511 g/mol. The molecule has 0 spiro atoms. The van der Waals surface area contributed by atoms with Gasteiger partial charge in [0.25, 0.3) is 11.8 Å². The molecule has 186 valence electrons.